The molecule has 0 bridgehead atoms. The number of amides is 1. The molecular formula is C19H19N3OS. The van der Waals surface area contributed by atoms with Gasteiger partial charge in [-0.2, -0.15) is 5.26 Å². The number of nitrogens with zero attached hydrogens (tertiary/aromatic N) is 2. The van der Waals surface area contributed by atoms with Gasteiger partial charge in [-0.25, -0.2) is 0 Å². The van der Waals surface area contributed by atoms with Crippen LogP contribution < -0.4 is 5.32 Å². The normalized spacial score (nSPS) is 20.2. The largest absolute Gasteiger partial charge is 0.325 e. The van der Waals surface area contributed by atoms with E-state index >= 15 is 0 Å². The molecule has 1 atom stereocenters. The summed E-state index contributed by atoms with van der Waals surface area (Å²) >= 11 is 1.84. The molecule has 1 aromatic heterocycles. The van der Waals surface area contributed by atoms with Crippen molar-refractivity contribution in [1.82, 2.24) is 4.90 Å². The lowest BCUT2D eigenvalue weighted by molar-refractivity contribution is -0.118. The van der Waals surface area contributed by atoms with E-state index in [1.807, 2.05) is 17.4 Å². The number of hydrogen-bond acceptors (Lipinski definition) is 4. The second-order valence-corrected chi connectivity index (χ2v) is 7.54. The van der Waals surface area contributed by atoms with Gasteiger partial charge in [0, 0.05) is 23.2 Å². The number of benzene rings is 1. The van der Waals surface area contributed by atoms with E-state index in [2.05, 4.69) is 27.7 Å². The van der Waals surface area contributed by atoms with Crippen LogP contribution in [0.25, 0.3) is 0 Å². The van der Waals surface area contributed by atoms with Crippen LogP contribution in [0.5, 0.6) is 0 Å². The second kappa shape index (κ2) is 6.39. The number of carbonyl (C=O) groups excluding carboxylic acids is 1. The Balaban J connectivity index is 1.46. The summed E-state index contributed by atoms with van der Waals surface area (Å²) in [5.41, 5.74) is 2.69. The van der Waals surface area contributed by atoms with Crippen molar-refractivity contribution in [3.8, 4) is 6.07 Å². The zero-order valence-corrected chi connectivity index (χ0v) is 14.2. The highest BCUT2D eigenvalue weighted by molar-refractivity contribution is 7.10. The monoisotopic (exact) mass is 337 g/mol. The first kappa shape index (κ1) is 15.4. The van der Waals surface area contributed by atoms with Crippen LogP contribution in [-0.2, 0) is 11.2 Å². The third-order valence-corrected chi connectivity index (χ3v) is 5.81. The number of nitrogens with one attached hydrogen (secondary N) is 1. The first-order valence-electron chi connectivity index (χ1n) is 8.35. The number of thiophene rings is 1. The number of carbonyl (C=O) groups is 1. The van der Waals surface area contributed by atoms with Gasteiger partial charge in [0.2, 0.25) is 5.91 Å². The Hall–Kier alpha value is -2.16. The van der Waals surface area contributed by atoms with Gasteiger partial charge in [-0.1, -0.05) is 6.07 Å². The zero-order valence-electron chi connectivity index (χ0n) is 13.4. The molecule has 5 heteroatoms. The van der Waals surface area contributed by atoms with Crippen LogP contribution in [0.2, 0.25) is 0 Å². The summed E-state index contributed by atoms with van der Waals surface area (Å²) in [6, 6.07) is 11.8. The van der Waals surface area contributed by atoms with Crippen LogP contribution in [0, 0.1) is 17.2 Å². The van der Waals surface area contributed by atoms with Crippen LogP contribution in [0.4, 0.5) is 5.69 Å². The molecule has 0 radical (unpaired) electrons. The molecule has 1 amide bonds. The van der Waals surface area contributed by atoms with Gasteiger partial charge in [0.25, 0.3) is 0 Å². The van der Waals surface area contributed by atoms with Crippen LogP contribution >= 0.6 is 11.3 Å². The minimum absolute atomic E-state index is 0.00517. The van der Waals surface area contributed by atoms with Gasteiger partial charge in [0.1, 0.15) is 0 Å². The molecule has 0 spiro atoms. The molecular weight excluding hydrogens is 318 g/mol. The number of rotatable bonds is 4. The van der Waals surface area contributed by atoms with Crippen molar-refractivity contribution in [3.63, 3.8) is 0 Å². The van der Waals surface area contributed by atoms with Crippen molar-refractivity contribution in [2.45, 2.75) is 25.3 Å². The van der Waals surface area contributed by atoms with Crippen molar-refractivity contribution >= 4 is 22.9 Å². The lowest BCUT2D eigenvalue weighted by Gasteiger charge is -2.35. The summed E-state index contributed by atoms with van der Waals surface area (Å²) in [4.78, 5) is 16.3. The highest BCUT2D eigenvalue weighted by Crippen LogP contribution is 2.48. The van der Waals surface area contributed by atoms with Gasteiger partial charge < -0.3 is 5.32 Å². The predicted molar refractivity (Wildman–Crippen MR) is 94.8 cm³/mol. The summed E-state index contributed by atoms with van der Waals surface area (Å²) < 4.78 is 0. The summed E-state index contributed by atoms with van der Waals surface area (Å²) in [6.45, 7) is 1.35. The van der Waals surface area contributed by atoms with Crippen molar-refractivity contribution in [2.24, 2.45) is 5.92 Å². The molecule has 1 aromatic carbocycles. The summed E-state index contributed by atoms with van der Waals surface area (Å²) in [5, 5.41) is 14.1. The molecule has 1 saturated carbocycles. The molecule has 1 fully saturated rings. The molecule has 1 aliphatic carbocycles. The first-order valence-corrected chi connectivity index (χ1v) is 9.23. The fraction of sp³-hybridized carbons (Fsp3) is 0.368. The summed E-state index contributed by atoms with van der Waals surface area (Å²) in [7, 11) is 0. The van der Waals surface area contributed by atoms with Crippen LogP contribution in [-0.4, -0.2) is 23.9 Å². The maximum Gasteiger partial charge on any atom is 0.238 e. The topological polar surface area (TPSA) is 56.1 Å². The Morgan fingerprint density at radius 3 is 3.04 bits per heavy atom. The van der Waals surface area contributed by atoms with E-state index in [9.17, 15) is 4.79 Å². The molecule has 1 N–H and O–H groups in total. The van der Waals surface area contributed by atoms with Gasteiger partial charge in [0.15, 0.2) is 0 Å². The molecule has 2 heterocycles. The van der Waals surface area contributed by atoms with E-state index in [1.54, 1.807) is 18.2 Å². The first-order chi connectivity index (χ1) is 11.7. The molecule has 1 aliphatic heterocycles. The number of nitriles is 1. The van der Waals surface area contributed by atoms with Crippen molar-refractivity contribution < 1.29 is 4.79 Å². The minimum atomic E-state index is -0.00517. The third-order valence-electron chi connectivity index (χ3n) is 4.81. The van der Waals surface area contributed by atoms with E-state index in [4.69, 9.17) is 5.26 Å². The van der Waals surface area contributed by atoms with E-state index in [0.29, 0.717) is 29.8 Å². The Bertz CT molecular complexity index is 803. The fourth-order valence-electron chi connectivity index (χ4n) is 3.59. The highest BCUT2D eigenvalue weighted by atomic mass is 32.1. The maximum absolute atomic E-state index is 12.5. The van der Waals surface area contributed by atoms with E-state index < -0.39 is 0 Å². The van der Waals surface area contributed by atoms with Gasteiger partial charge in [-0.15, -0.1) is 11.3 Å². The van der Waals surface area contributed by atoms with E-state index in [0.717, 1.165) is 13.0 Å². The lowest BCUT2D eigenvalue weighted by atomic mass is 9.96. The van der Waals surface area contributed by atoms with Crippen molar-refractivity contribution in [3.05, 3.63) is 51.7 Å². The zero-order chi connectivity index (χ0) is 16.5. The van der Waals surface area contributed by atoms with Gasteiger partial charge in [-0.05, 0) is 60.4 Å². The van der Waals surface area contributed by atoms with Crippen LogP contribution in [0.15, 0.2) is 35.7 Å². The number of fused-ring (bicyclic) bond motifs is 1. The highest BCUT2D eigenvalue weighted by Gasteiger charge is 2.40. The summed E-state index contributed by atoms with van der Waals surface area (Å²) in [6.07, 6.45) is 3.57. The predicted octanol–water partition coefficient (Wildman–Crippen LogP) is 3.57. The molecule has 0 saturated heterocycles. The quantitative estimate of drug-likeness (QED) is 0.928. The average molecular weight is 337 g/mol. The van der Waals surface area contributed by atoms with E-state index in [-0.39, 0.29) is 5.91 Å². The number of hydrogen-bond donors (Lipinski definition) is 1. The molecule has 24 heavy (non-hydrogen) atoms. The Labute approximate surface area is 145 Å². The van der Waals surface area contributed by atoms with Gasteiger partial charge in [0.05, 0.1) is 18.2 Å². The Kier molecular flexibility index (Phi) is 4.09. The molecule has 2 aromatic rings. The number of anilines is 1. The lowest BCUT2D eigenvalue weighted by Crippen LogP contribution is -2.41. The molecule has 4 nitrogen and oxygen atoms in total. The second-order valence-electron chi connectivity index (χ2n) is 6.54. The minimum Gasteiger partial charge on any atom is -0.325 e. The maximum atomic E-state index is 12.5. The third kappa shape index (κ3) is 3.08. The molecule has 0 unspecified atom stereocenters. The van der Waals surface area contributed by atoms with E-state index in [1.165, 1.54) is 23.3 Å². The molecule has 122 valence electrons. The molecule has 4 rings (SSSR count). The Morgan fingerprint density at radius 1 is 1.38 bits per heavy atom. The average Bonchev–Trinajstić information content (AvgIpc) is 3.31. The van der Waals surface area contributed by atoms with Crippen molar-refractivity contribution in [1.29, 1.82) is 5.26 Å². The SMILES string of the molecule is N#Cc1cccc(NC(=O)CN2CCc3sccc3[C@@H]2C2CC2)c1. The summed E-state index contributed by atoms with van der Waals surface area (Å²) in [5.74, 6) is 0.697. The van der Waals surface area contributed by atoms with Crippen molar-refractivity contribution in [2.75, 3.05) is 18.4 Å². The fourth-order valence-corrected chi connectivity index (χ4v) is 4.50. The van der Waals surface area contributed by atoms with Crippen LogP contribution in [0.1, 0.15) is 34.9 Å². The smallest absolute Gasteiger partial charge is 0.238 e. The standard InChI is InChI=1S/C19H19N3OS/c20-11-13-2-1-3-15(10-13)21-18(23)12-22-8-6-17-16(7-9-24-17)19(22)14-4-5-14/h1-3,7,9-10,14,19H,4-6,8,12H2,(H,21,23)/t19-/m0/s1. The Morgan fingerprint density at radius 2 is 2.25 bits per heavy atom. The van der Waals surface area contributed by atoms with Gasteiger partial charge >= 0.3 is 0 Å². The van der Waals surface area contributed by atoms with Gasteiger partial charge in [-0.3, -0.25) is 9.69 Å². The van der Waals surface area contributed by atoms with Crippen LogP contribution in [0.3, 0.4) is 0 Å². The molecule has 2 aliphatic rings.